The molecular weight excluding hydrogens is 417 g/mol. The number of halogens is 2. The second-order valence-electron chi connectivity index (χ2n) is 6.67. The lowest BCUT2D eigenvalue weighted by atomic mass is 10.1. The zero-order valence-electron chi connectivity index (χ0n) is 16.5. The SMILES string of the molecule is COc1cc(/C=C(\C#N)c2nc3ccccc3[nH]2)ccc1OCc1c(F)cccc1Cl. The molecule has 0 aliphatic carbocycles. The maximum atomic E-state index is 14.0. The summed E-state index contributed by atoms with van der Waals surface area (Å²) in [6.07, 6.45) is 1.71. The van der Waals surface area contributed by atoms with Gasteiger partial charge in [0.15, 0.2) is 11.5 Å². The van der Waals surface area contributed by atoms with E-state index in [2.05, 4.69) is 16.0 Å². The smallest absolute Gasteiger partial charge is 0.161 e. The molecule has 0 aliphatic heterocycles. The first-order valence-corrected chi connectivity index (χ1v) is 9.77. The molecule has 0 bridgehead atoms. The summed E-state index contributed by atoms with van der Waals surface area (Å²) in [5, 5.41) is 9.92. The molecule has 0 saturated carbocycles. The average Bonchev–Trinajstić information content (AvgIpc) is 3.21. The van der Waals surface area contributed by atoms with Crippen LogP contribution in [-0.4, -0.2) is 17.1 Å². The molecule has 0 fully saturated rings. The van der Waals surface area contributed by atoms with E-state index in [0.717, 1.165) is 16.6 Å². The van der Waals surface area contributed by atoms with Crippen LogP contribution < -0.4 is 9.47 Å². The van der Waals surface area contributed by atoms with Crippen molar-refractivity contribution in [3.8, 4) is 17.6 Å². The molecule has 7 heteroatoms. The van der Waals surface area contributed by atoms with Crippen molar-refractivity contribution < 1.29 is 13.9 Å². The van der Waals surface area contributed by atoms with Crippen molar-refractivity contribution >= 4 is 34.3 Å². The second kappa shape index (κ2) is 8.90. The van der Waals surface area contributed by atoms with Gasteiger partial charge in [-0.25, -0.2) is 9.37 Å². The van der Waals surface area contributed by atoms with Crippen molar-refractivity contribution in [2.45, 2.75) is 6.61 Å². The highest BCUT2D eigenvalue weighted by atomic mass is 35.5. The predicted octanol–water partition coefficient (Wildman–Crippen LogP) is 6.01. The maximum Gasteiger partial charge on any atom is 0.161 e. The van der Waals surface area contributed by atoms with E-state index in [4.69, 9.17) is 21.1 Å². The number of hydrogen-bond donors (Lipinski definition) is 1. The highest BCUT2D eigenvalue weighted by Gasteiger charge is 2.12. The molecule has 4 rings (SSSR count). The number of methoxy groups -OCH3 is 1. The van der Waals surface area contributed by atoms with Crippen LogP contribution in [0.2, 0.25) is 5.02 Å². The van der Waals surface area contributed by atoms with E-state index in [-0.39, 0.29) is 12.2 Å². The van der Waals surface area contributed by atoms with E-state index >= 15 is 0 Å². The van der Waals surface area contributed by atoms with Crippen LogP contribution in [0.4, 0.5) is 4.39 Å². The number of fused-ring (bicyclic) bond motifs is 1. The van der Waals surface area contributed by atoms with Crippen molar-refractivity contribution in [3.05, 3.63) is 88.5 Å². The van der Waals surface area contributed by atoms with Gasteiger partial charge in [-0.2, -0.15) is 5.26 Å². The lowest BCUT2D eigenvalue weighted by molar-refractivity contribution is 0.280. The molecular formula is C24H17ClFN3O2. The first-order valence-electron chi connectivity index (χ1n) is 9.39. The van der Waals surface area contributed by atoms with Crippen LogP contribution in [0.5, 0.6) is 11.5 Å². The molecule has 1 heterocycles. The summed E-state index contributed by atoms with van der Waals surface area (Å²) in [6.45, 7) is -0.0422. The Bertz CT molecular complexity index is 1270. The molecule has 0 unspecified atom stereocenters. The lowest BCUT2D eigenvalue weighted by Gasteiger charge is -2.12. The molecule has 31 heavy (non-hydrogen) atoms. The Morgan fingerprint density at radius 3 is 2.74 bits per heavy atom. The number of aromatic nitrogens is 2. The highest BCUT2D eigenvalue weighted by Crippen LogP contribution is 2.31. The first kappa shape index (κ1) is 20.5. The minimum absolute atomic E-state index is 0.0422. The minimum atomic E-state index is -0.435. The van der Waals surface area contributed by atoms with Crippen LogP contribution in [0, 0.1) is 17.1 Å². The van der Waals surface area contributed by atoms with Gasteiger partial charge in [0.05, 0.1) is 28.7 Å². The summed E-state index contributed by atoms with van der Waals surface area (Å²) in [5.74, 6) is 0.928. The van der Waals surface area contributed by atoms with E-state index in [1.54, 1.807) is 30.3 Å². The third-order valence-corrected chi connectivity index (χ3v) is 5.05. The Morgan fingerprint density at radius 2 is 2.00 bits per heavy atom. The fourth-order valence-electron chi connectivity index (χ4n) is 3.11. The monoisotopic (exact) mass is 433 g/mol. The van der Waals surface area contributed by atoms with Crippen LogP contribution in [0.25, 0.3) is 22.7 Å². The summed E-state index contributed by atoms with van der Waals surface area (Å²) in [7, 11) is 1.51. The number of H-pyrrole nitrogens is 1. The summed E-state index contributed by atoms with van der Waals surface area (Å²) in [4.78, 5) is 7.62. The van der Waals surface area contributed by atoms with Crippen molar-refractivity contribution in [3.63, 3.8) is 0 Å². The lowest BCUT2D eigenvalue weighted by Crippen LogP contribution is -2.01. The number of rotatable bonds is 6. The Hall–Kier alpha value is -3.82. The molecule has 0 radical (unpaired) electrons. The number of imidazole rings is 1. The molecule has 3 aromatic carbocycles. The second-order valence-corrected chi connectivity index (χ2v) is 7.08. The average molecular weight is 434 g/mol. The molecule has 0 amide bonds. The van der Waals surface area contributed by atoms with Crippen LogP contribution in [0.1, 0.15) is 17.0 Å². The Balaban J connectivity index is 1.60. The fraction of sp³-hybridized carbons (Fsp3) is 0.0833. The number of benzene rings is 3. The van der Waals surface area contributed by atoms with Gasteiger partial charge in [0.1, 0.15) is 24.3 Å². The first-order chi connectivity index (χ1) is 15.1. The zero-order valence-corrected chi connectivity index (χ0v) is 17.3. The molecule has 0 saturated heterocycles. The topological polar surface area (TPSA) is 70.9 Å². The number of allylic oxidation sites excluding steroid dienone is 1. The molecule has 154 valence electrons. The molecule has 4 aromatic rings. The van der Waals surface area contributed by atoms with Crippen LogP contribution in [0.3, 0.4) is 0 Å². The fourth-order valence-corrected chi connectivity index (χ4v) is 3.33. The largest absolute Gasteiger partial charge is 0.493 e. The number of para-hydroxylation sites is 2. The Morgan fingerprint density at radius 1 is 1.16 bits per heavy atom. The summed E-state index contributed by atoms with van der Waals surface area (Å²) >= 11 is 6.06. The van der Waals surface area contributed by atoms with Gasteiger partial charge in [-0.15, -0.1) is 0 Å². The van der Waals surface area contributed by atoms with Gasteiger partial charge in [0.2, 0.25) is 0 Å². The van der Waals surface area contributed by atoms with Crippen molar-refractivity contribution in [1.29, 1.82) is 5.26 Å². The van der Waals surface area contributed by atoms with Gasteiger partial charge >= 0.3 is 0 Å². The Labute approximate surface area is 183 Å². The minimum Gasteiger partial charge on any atom is -0.493 e. The van der Waals surface area contributed by atoms with Gasteiger partial charge < -0.3 is 14.5 Å². The molecule has 0 aliphatic rings. The number of nitrogens with one attached hydrogen (secondary N) is 1. The summed E-state index contributed by atoms with van der Waals surface area (Å²) in [5.41, 5.74) is 3.01. The van der Waals surface area contributed by atoms with E-state index in [0.29, 0.717) is 27.9 Å². The van der Waals surface area contributed by atoms with Gasteiger partial charge in [-0.3, -0.25) is 0 Å². The van der Waals surface area contributed by atoms with E-state index in [1.165, 1.54) is 19.2 Å². The van der Waals surface area contributed by atoms with Crippen molar-refractivity contribution in [1.82, 2.24) is 9.97 Å². The maximum absolute atomic E-state index is 14.0. The molecule has 1 aromatic heterocycles. The predicted molar refractivity (Wildman–Crippen MR) is 118 cm³/mol. The van der Waals surface area contributed by atoms with Crippen LogP contribution in [0.15, 0.2) is 60.7 Å². The van der Waals surface area contributed by atoms with Gasteiger partial charge in [-0.05, 0) is 48.0 Å². The van der Waals surface area contributed by atoms with Crippen LogP contribution >= 0.6 is 11.6 Å². The molecule has 5 nitrogen and oxygen atoms in total. The van der Waals surface area contributed by atoms with Gasteiger partial charge in [0.25, 0.3) is 0 Å². The van der Waals surface area contributed by atoms with Crippen molar-refractivity contribution in [2.75, 3.05) is 7.11 Å². The van der Waals surface area contributed by atoms with E-state index in [9.17, 15) is 9.65 Å². The highest BCUT2D eigenvalue weighted by molar-refractivity contribution is 6.31. The summed E-state index contributed by atoms with van der Waals surface area (Å²) < 4.78 is 25.1. The third kappa shape index (κ3) is 4.37. The summed E-state index contributed by atoms with van der Waals surface area (Å²) in [6, 6.07) is 19.4. The standard InChI is InChI=1S/C24H17ClFN3O2/c1-30-23-12-15(9-10-22(23)31-14-17-18(25)5-4-6-19(17)26)11-16(13-27)24-28-20-7-2-3-8-21(20)29-24/h2-12H,14H2,1H3,(H,28,29)/b16-11+. The number of nitrogens with zero attached hydrogens (tertiary/aromatic N) is 2. The van der Waals surface area contributed by atoms with Crippen LogP contribution in [-0.2, 0) is 6.61 Å². The number of aromatic amines is 1. The third-order valence-electron chi connectivity index (χ3n) is 4.70. The van der Waals surface area contributed by atoms with Crippen molar-refractivity contribution in [2.24, 2.45) is 0 Å². The quantitative estimate of drug-likeness (QED) is 0.378. The molecule has 1 N–H and O–H groups in total. The molecule has 0 atom stereocenters. The van der Waals surface area contributed by atoms with Gasteiger partial charge in [0, 0.05) is 5.56 Å². The normalized spacial score (nSPS) is 11.4. The number of hydrogen-bond acceptors (Lipinski definition) is 4. The Kier molecular flexibility index (Phi) is 5.87. The number of nitriles is 1. The number of ether oxygens (including phenoxy) is 2. The molecule has 0 spiro atoms. The van der Waals surface area contributed by atoms with E-state index in [1.807, 2.05) is 24.3 Å². The van der Waals surface area contributed by atoms with Gasteiger partial charge in [-0.1, -0.05) is 35.9 Å². The zero-order chi connectivity index (χ0) is 21.8. The van der Waals surface area contributed by atoms with E-state index < -0.39 is 5.82 Å².